The van der Waals surface area contributed by atoms with Crippen molar-refractivity contribution in [1.82, 2.24) is 53.2 Å². The largest absolute Gasteiger partial charge is 0.481 e. The van der Waals surface area contributed by atoms with Crippen LogP contribution in [0.2, 0.25) is 0 Å². The first-order valence-corrected chi connectivity index (χ1v) is 47.5. The Labute approximate surface area is 814 Å². The fraction of sp³-hybridized carbons (Fsp3) is 0.780. The summed E-state index contributed by atoms with van der Waals surface area (Å²) in [6.45, 7) is 12.0. The Morgan fingerprint density at radius 1 is 0.257 bits per heavy atom. The number of rotatable bonds is 72. The van der Waals surface area contributed by atoms with Crippen molar-refractivity contribution < 1.29 is 186 Å². The molecule has 3 fully saturated rings. The molecule has 49 nitrogen and oxygen atoms in total. The quantitative estimate of drug-likeness (QED) is 0.0224. The van der Waals surface area contributed by atoms with E-state index in [9.17, 15) is 95.9 Å². The van der Waals surface area contributed by atoms with Crippen molar-refractivity contribution in [3.63, 3.8) is 0 Å². The highest BCUT2D eigenvalue weighted by molar-refractivity contribution is 5.80. The molecule has 49 heteroatoms. The molecule has 3 aliphatic rings. The van der Waals surface area contributed by atoms with Crippen LogP contribution in [-0.2, 0) is 181 Å². The third-order valence-electron chi connectivity index (χ3n) is 21.0. The summed E-state index contributed by atoms with van der Waals surface area (Å²) in [6, 6.07) is -3.53. The van der Waals surface area contributed by atoms with Crippen LogP contribution in [0.5, 0.6) is 0 Å². The van der Waals surface area contributed by atoms with Gasteiger partial charge in [0.2, 0.25) is 59.1 Å². The number of unbranched alkanes of at least 4 members (excludes halogenated alkanes) is 10. The van der Waals surface area contributed by atoms with E-state index < -0.39 is 218 Å². The molecule has 3 rings (SSSR count). The Bertz CT molecular complexity index is 3570. The summed E-state index contributed by atoms with van der Waals surface area (Å²) in [7, 11) is 0. The molecule has 0 aromatic heterocycles. The van der Waals surface area contributed by atoms with Crippen molar-refractivity contribution in [2.24, 2.45) is 0 Å². The number of amides is 10. The summed E-state index contributed by atoms with van der Waals surface area (Å²) in [4.78, 5) is 249. The van der Waals surface area contributed by atoms with Crippen LogP contribution in [0.4, 0.5) is 0 Å². The Hall–Kier alpha value is -11.0. The molecule has 796 valence electrons. The van der Waals surface area contributed by atoms with E-state index in [4.69, 9.17) is 90.4 Å². The topological polar surface area (TPSA) is 648 Å². The second-order valence-electron chi connectivity index (χ2n) is 33.8. The summed E-state index contributed by atoms with van der Waals surface area (Å²) in [5.74, 6) is -11.8. The van der Waals surface area contributed by atoms with Gasteiger partial charge in [0.25, 0.3) is 0 Å². The van der Waals surface area contributed by atoms with Gasteiger partial charge in [0, 0.05) is 194 Å². The SMILES string of the molecule is CC(=O)NC1C(OC(C)=O)[C@H](OC(C)=O)C(COC(C)=O)O[C@H]1OCCCCC(=O)NCCCNC(=O)CCOCC(COCCC(=O)NCCCNC(=O)CCCCO[C@@H]1OC(COC(C)=O)[C@@H](OC(C)=O)C(OC(C)=O)C1NC(C)=O)(COCCC(=O)NCCCNC(=O)CCCCO[C@@H]1O[C@H](COC(C)=O)[C@@H](OC(C)=O)C(OC(C)=O)C1NC(C)=O)NC(=O)CCCCCCCCCCC(=O)O. The van der Waals surface area contributed by atoms with Crippen molar-refractivity contribution in [3.05, 3.63) is 0 Å². The van der Waals surface area contributed by atoms with E-state index in [0.29, 0.717) is 77.0 Å². The van der Waals surface area contributed by atoms with E-state index >= 15 is 0 Å². The first-order valence-electron chi connectivity index (χ1n) is 47.5. The number of carbonyl (C=O) groups excluding carboxylic acids is 19. The maximum atomic E-state index is 14.1. The van der Waals surface area contributed by atoms with E-state index in [1.54, 1.807) is 0 Å². The molecular formula is C91H148N10O39. The van der Waals surface area contributed by atoms with Gasteiger partial charge in [0.05, 0.1) is 39.6 Å². The molecule has 0 bridgehead atoms. The number of aliphatic carboxylic acids is 1. The van der Waals surface area contributed by atoms with Crippen molar-refractivity contribution >= 4 is 119 Å². The van der Waals surface area contributed by atoms with Crippen LogP contribution in [-0.4, -0.2) is 340 Å². The van der Waals surface area contributed by atoms with Crippen LogP contribution >= 0.6 is 0 Å². The Kier molecular flexibility index (Phi) is 62.2. The number of ether oxygens (including phenoxy) is 18. The summed E-state index contributed by atoms with van der Waals surface area (Å²) in [5, 5.41) is 36.6. The van der Waals surface area contributed by atoms with Crippen LogP contribution in [0.25, 0.3) is 0 Å². The molecule has 3 saturated heterocycles. The highest BCUT2D eigenvalue weighted by Crippen LogP contribution is 2.32. The molecular weight excluding hydrogens is 1860 g/mol. The summed E-state index contributed by atoms with van der Waals surface area (Å²) in [6.07, 6.45) is -6.54. The number of nitrogens with one attached hydrogen (secondary N) is 10. The molecule has 0 aliphatic carbocycles. The molecule has 15 atom stereocenters. The highest BCUT2D eigenvalue weighted by Gasteiger charge is 2.55. The van der Waals surface area contributed by atoms with Gasteiger partial charge >= 0.3 is 59.7 Å². The zero-order valence-electron chi connectivity index (χ0n) is 82.5. The van der Waals surface area contributed by atoms with Gasteiger partial charge in [-0.3, -0.25) is 95.9 Å². The first-order chi connectivity index (χ1) is 66.6. The molecule has 3 aliphatic heterocycles. The lowest BCUT2D eigenvalue weighted by atomic mass is 9.96. The molecule has 3 heterocycles. The summed E-state index contributed by atoms with van der Waals surface area (Å²) >= 11 is 0. The lowest BCUT2D eigenvalue weighted by Crippen LogP contribution is -2.66. The first kappa shape index (κ1) is 123. The van der Waals surface area contributed by atoms with Gasteiger partial charge in [0.15, 0.2) is 55.5 Å². The third-order valence-corrected chi connectivity index (χ3v) is 21.0. The van der Waals surface area contributed by atoms with Crippen molar-refractivity contribution in [2.45, 2.75) is 341 Å². The molecule has 140 heavy (non-hydrogen) atoms. The van der Waals surface area contributed by atoms with E-state index in [2.05, 4.69) is 53.2 Å². The van der Waals surface area contributed by atoms with Crippen LogP contribution in [0, 0.1) is 0 Å². The van der Waals surface area contributed by atoms with E-state index in [1.807, 2.05) is 0 Å². The fourth-order valence-electron chi connectivity index (χ4n) is 14.7. The molecule has 8 unspecified atom stereocenters. The second-order valence-corrected chi connectivity index (χ2v) is 33.8. The van der Waals surface area contributed by atoms with Crippen LogP contribution < -0.4 is 53.2 Å². The smallest absolute Gasteiger partial charge is 0.303 e. The van der Waals surface area contributed by atoms with E-state index in [-0.39, 0.29) is 168 Å². The molecule has 0 aromatic rings. The van der Waals surface area contributed by atoms with Crippen LogP contribution in [0.3, 0.4) is 0 Å². The Balaban J connectivity index is 1.67. The number of carboxylic acid groups (broad SMARTS) is 1. The average molecular weight is 2010 g/mol. The zero-order valence-corrected chi connectivity index (χ0v) is 82.5. The Morgan fingerprint density at radius 3 is 0.729 bits per heavy atom. The normalized spacial score (nSPS) is 21.2. The zero-order chi connectivity index (χ0) is 104. The van der Waals surface area contributed by atoms with Gasteiger partial charge in [-0.15, -0.1) is 0 Å². The minimum absolute atomic E-state index is 0.0172. The maximum Gasteiger partial charge on any atom is 0.303 e. The van der Waals surface area contributed by atoms with Crippen LogP contribution in [0.1, 0.15) is 244 Å². The van der Waals surface area contributed by atoms with E-state index in [0.717, 1.165) is 94.4 Å². The van der Waals surface area contributed by atoms with Crippen molar-refractivity contribution in [2.75, 3.05) is 119 Å². The van der Waals surface area contributed by atoms with Gasteiger partial charge in [-0.2, -0.15) is 0 Å². The molecule has 0 radical (unpaired) electrons. The monoisotopic (exact) mass is 2000 g/mol. The van der Waals surface area contributed by atoms with Gasteiger partial charge in [-0.1, -0.05) is 38.5 Å². The second kappa shape index (κ2) is 70.6. The summed E-state index contributed by atoms with van der Waals surface area (Å²) < 4.78 is 103. The van der Waals surface area contributed by atoms with Gasteiger partial charge < -0.3 is 144 Å². The average Bonchev–Trinajstić information content (AvgIpc) is 0.796. The minimum atomic E-state index is -1.49. The van der Waals surface area contributed by atoms with Crippen molar-refractivity contribution in [3.8, 4) is 0 Å². The molecule has 0 saturated carbocycles. The highest BCUT2D eigenvalue weighted by atomic mass is 16.7. The lowest BCUT2D eigenvalue weighted by Gasteiger charge is -2.44. The van der Waals surface area contributed by atoms with E-state index in [1.165, 1.54) is 20.8 Å². The minimum Gasteiger partial charge on any atom is -0.481 e. The predicted molar refractivity (Wildman–Crippen MR) is 484 cm³/mol. The molecule has 0 aromatic carbocycles. The maximum absolute atomic E-state index is 14.1. The Morgan fingerprint density at radius 2 is 0.486 bits per heavy atom. The third kappa shape index (κ3) is 55.9. The lowest BCUT2D eigenvalue weighted by molar-refractivity contribution is -0.277. The number of hydrogen-bond donors (Lipinski definition) is 11. The van der Waals surface area contributed by atoms with Gasteiger partial charge in [0.1, 0.15) is 61.8 Å². The number of esters is 9. The predicted octanol–water partition coefficient (Wildman–Crippen LogP) is 0.444. The summed E-state index contributed by atoms with van der Waals surface area (Å²) in [5.41, 5.74) is -1.49. The van der Waals surface area contributed by atoms with Crippen molar-refractivity contribution in [1.29, 1.82) is 0 Å². The molecule has 10 amide bonds. The standard InChI is InChI=1S/C91H148N10O39/c1-56(102)98-79-85(135-65(10)111)82(132-62(7)108)68(50-129-59(4)105)138-88(79)126-44-24-21-30-71(114)92-38-27-41-95-74(117)35-47-123-53-91(101-77(120)33-19-17-15-13-14-16-18-20-34-78(121)122,54-124-48-36-75(118)96-42-28-39-93-72(115)31-22-25-45-127-89-80(99-57(2)103)86(136-66(11)112)83(133-63(8)109)69(139-89)51-130-60(5)106)55-125-49-37-76(119)97-43-29-40-94-73(116)32-23-26-46-128-90-81(100-58(3)104)87(137-67(12)113)84(134-64(9)110)70(140-90)52-131-61(6)107/h68-70,79-90H,13-55H2,1-12H3,(H,92,114)(H,93,115)(H,94,116)(H,95,117)(H,96,118)(H,97,119)(H,98,102)(H,99,103)(H,100,104)(H,101,120)(H,121,122)/t68-,69?,70?,79?,80?,81?,82-,83-,84-,85?,86?,87?,88-,89-,90-,91?/m1/s1. The van der Waals surface area contributed by atoms with Gasteiger partial charge in [-0.05, 0) is 70.6 Å². The molecule has 0 spiro atoms. The number of carbonyl (C=O) groups is 20. The number of carboxylic acids is 1. The molecule has 11 N–H and O–H groups in total. The van der Waals surface area contributed by atoms with Gasteiger partial charge in [-0.25, -0.2) is 0 Å². The number of hydrogen-bond acceptors (Lipinski definition) is 38. The fourth-order valence-corrected chi connectivity index (χ4v) is 14.7. The van der Waals surface area contributed by atoms with Crippen LogP contribution in [0.15, 0.2) is 0 Å².